The summed E-state index contributed by atoms with van der Waals surface area (Å²) in [5, 5.41) is 3.41. The molecule has 208 valence electrons. The number of carbonyl (C=O) groups excluding carboxylic acids is 2. The molecule has 1 N–H and O–H groups in total. The summed E-state index contributed by atoms with van der Waals surface area (Å²) in [7, 11) is -4.36. The first-order valence-electron chi connectivity index (χ1n) is 12.1. The molecular weight excluding hydrogens is 564 g/mol. The van der Waals surface area contributed by atoms with Crippen molar-refractivity contribution in [2.24, 2.45) is 0 Å². The molecule has 0 aliphatic rings. The number of nitrogens with one attached hydrogen (secondary N) is 1. The van der Waals surface area contributed by atoms with Crippen molar-refractivity contribution in [3.8, 4) is 0 Å². The Labute approximate surface area is 238 Å². The number of nitrogens with zero attached hydrogens (tertiary/aromatic N) is 2. The van der Waals surface area contributed by atoms with Crippen LogP contribution in [0, 0.1) is 5.82 Å². The van der Waals surface area contributed by atoms with E-state index in [-0.39, 0.29) is 22.2 Å². The number of hydrogen-bond donors (Lipinski definition) is 1. The highest BCUT2D eigenvalue weighted by Crippen LogP contribution is 2.28. The van der Waals surface area contributed by atoms with Gasteiger partial charge >= 0.3 is 0 Å². The number of hydrogen-bond acceptors (Lipinski definition) is 4. The number of para-hydroxylation sites is 1. The SMILES string of the molecule is C[C@@H](C(=O)NC(C)(C)C)N(Cc1ccc(Cl)c(Cl)c1)C(=O)CN(c1ccccc1F)S(=O)(=O)c1ccccc1. The van der Waals surface area contributed by atoms with Crippen LogP contribution in [0.15, 0.2) is 77.7 Å². The molecule has 0 bridgehead atoms. The van der Waals surface area contributed by atoms with Gasteiger partial charge in [-0.15, -0.1) is 0 Å². The highest BCUT2D eigenvalue weighted by molar-refractivity contribution is 7.92. The van der Waals surface area contributed by atoms with Gasteiger partial charge in [-0.05, 0) is 69.7 Å². The van der Waals surface area contributed by atoms with Crippen LogP contribution < -0.4 is 9.62 Å². The van der Waals surface area contributed by atoms with E-state index in [1.807, 2.05) is 0 Å². The summed E-state index contributed by atoms with van der Waals surface area (Å²) in [6.07, 6.45) is 0. The summed E-state index contributed by atoms with van der Waals surface area (Å²) in [5.74, 6) is -1.99. The van der Waals surface area contributed by atoms with Crippen LogP contribution in [0.1, 0.15) is 33.3 Å². The summed E-state index contributed by atoms with van der Waals surface area (Å²) in [4.78, 5) is 28.1. The molecule has 0 spiro atoms. The van der Waals surface area contributed by atoms with E-state index in [1.165, 1.54) is 54.3 Å². The lowest BCUT2D eigenvalue weighted by Gasteiger charge is -2.33. The third kappa shape index (κ3) is 7.71. The zero-order valence-corrected chi connectivity index (χ0v) is 24.3. The van der Waals surface area contributed by atoms with E-state index in [1.54, 1.807) is 45.0 Å². The van der Waals surface area contributed by atoms with Gasteiger partial charge in [-0.2, -0.15) is 0 Å². The number of benzene rings is 3. The second-order valence-electron chi connectivity index (χ2n) is 9.96. The molecule has 1 atom stereocenters. The van der Waals surface area contributed by atoms with E-state index in [4.69, 9.17) is 23.2 Å². The molecule has 7 nitrogen and oxygen atoms in total. The van der Waals surface area contributed by atoms with Crippen molar-refractivity contribution in [1.29, 1.82) is 0 Å². The maximum absolute atomic E-state index is 14.9. The number of anilines is 1. The quantitative estimate of drug-likeness (QED) is 0.347. The van der Waals surface area contributed by atoms with Gasteiger partial charge in [-0.1, -0.05) is 59.6 Å². The first kappa shape index (κ1) is 30.4. The van der Waals surface area contributed by atoms with E-state index < -0.39 is 45.8 Å². The van der Waals surface area contributed by atoms with Crippen molar-refractivity contribution in [2.75, 3.05) is 10.8 Å². The Bertz CT molecular complexity index is 1450. The van der Waals surface area contributed by atoms with Crippen molar-refractivity contribution in [2.45, 2.75) is 50.7 Å². The Morgan fingerprint density at radius 2 is 1.56 bits per heavy atom. The summed E-state index contributed by atoms with van der Waals surface area (Å²) in [6.45, 7) is 6.10. The zero-order valence-electron chi connectivity index (χ0n) is 22.0. The number of carbonyl (C=O) groups is 2. The summed E-state index contributed by atoms with van der Waals surface area (Å²) in [6, 6.07) is 16.5. The average Bonchev–Trinajstić information content (AvgIpc) is 2.87. The molecule has 0 aromatic heterocycles. The third-order valence-electron chi connectivity index (χ3n) is 5.73. The number of halogens is 3. The fourth-order valence-electron chi connectivity index (χ4n) is 3.78. The molecule has 0 heterocycles. The van der Waals surface area contributed by atoms with Gasteiger partial charge in [0.25, 0.3) is 10.0 Å². The Morgan fingerprint density at radius 3 is 2.15 bits per heavy atom. The van der Waals surface area contributed by atoms with Crippen LogP contribution in [-0.4, -0.2) is 43.3 Å². The van der Waals surface area contributed by atoms with Crippen molar-refractivity contribution in [3.63, 3.8) is 0 Å². The number of amides is 2. The van der Waals surface area contributed by atoms with Crippen LogP contribution in [0.4, 0.5) is 10.1 Å². The topological polar surface area (TPSA) is 86.8 Å². The second kappa shape index (κ2) is 12.4. The predicted molar refractivity (Wildman–Crippen MR) is 152 cm³/mol. The molecule has 0 fully saturated rings. The van der Waals surface area contributed by atoms with E-state index >= 15 is 0 Å². The lowest BCUT2D eigenvalue weighted by molar-refractivity contribution is -0.140. The van der Waals surface area contributed by atoms with Crippen LogP contribution in [0.3, 0.4) is 0 Å². The number of rotatable bonds is 9. The molecule has 0 unspecified atom stereocenters. The minimum absolute atomic E-state index is 0.0784. The van der Waals surface area contributed by atoms with Gasteiger partial charge in [-0.3, -0.25) is 13.9 Å². The molecular formula is C28H30Cl2FN3O4S. The maximum atomic E-state index is 14.9. The minimum Gasteiger partial charge on any atom is -0.350 e. The van der Waals surface area contributed by atoms with E-state index in [2.05, 4.69) is 5.32 Å². The highest BCUT2D eigenvalue weighted by Gasteiger charge is 2.34. The van der Waals surface area contributed by atoms with E-state index in [0.29, 0.717) is 10.6 Å². The summed E-state index contributed by atoms with van der Waals surface area (Å²) < 4.78 is 42.9. The van der Waals surface area contributed by atoms with Gasteiger partial charge in [0, 0.05) is 12.1 Å². The Hall–Kier alpha value is -3.14. The normalized spacial score (nSPS) is 12.5. The molecule has 0 radical (unpaired) electrons. The number of sulfonamides is 1. The smallest absolute Gasteiger partial charge is 0.264 e. The van der Waals surface area contributed by atoms with E-state index in [9.17, 15) is 22.4 Å². The molecule has 0 saturated heterocycles. The first-order valence-corrected chi connectivity index (χ1v) is 14.3. The molecule has 0 saturated carbocycles. The van der Waals surface area contributed by atoms with Crippen molar-refractivity contribution in [3.05, 3.63) is 94.2 Å². The summed E-state index contributed by atoms with van der Waals surface area (Å²) >= 11 is 12.2. The minimum atomic E-state index is -4.36. The Kier molecular flexibility index (Phi) is 9.64. The monoisotopic (exact) mass is 593 g/mol. The molecule has 39 heavy (non-hydrogen) atoms. The Morgan fingerprint density at radius 1 is 0.949 bits per heavy atom. The van der Waals surface area contributed by atoms with Gasteiger partial charge in [0.05, 0.1) is 20.6 Å². The first-order chi connectivity index (χ1) is 18.2. The fraction of sp³-hybridized carbons (Fsp3) is 0.286. The molecule has 3 aromatic carbocycles. The largest absolute Gasteiger partial charge is 0.350 e. The van der Waals surface area contributed by atoms with Crippen LogP contribution in [0.2, 0.25) is 10.0 Å². The van der Waals surface area contributed by atoms with E-state index in [0.717, 1.165) is 10.4 Å². The predicted octanol–water partition coefficient (Wildman–Crippen LogP) is 5.66. The third-order valence-corrected chi connectivity index (χ3v) is 8.25. The molecule has 11 heteroatoms. The van der Waals surface area contributed by atoms with Crippen LogP contribution in [0.25, 0.3) is 0 Å². The molecule has 0 aliphatic heterocycles. The van der Waals surface area contributed by atoms with Gasteiger partial charge < -0.3 is 10.2 Å². The van der Waals surface area contributed by atoms with Crippen LogP contribution in [0.5, 0.6) is 0 Å². The van der Waals surface area contributed by atoms with Crippen molar-refractivity contribution < 1.29 is 22.4 Å². The molecule has 3 rings (SSSR count). The van der Waals surface area contributed by atoms with Crippen molar-refractivity contribution >= 4 is 50.7 Å². The molecule has 0 aliphatic carbocycles. The second-order valence-corrected chi connectivity index (χ2v) is 12.6. The maximum Gasteiger partial charge on any atom is 0.264 e. The molecule has 3 aromatic rings. The average molecular weight is 595 g/mol. The standard InChI is InChI=1S/C28H30Cl2FN3O4S/c1-19(27(36)32-28(2,3)4)33(17-20-14-15-22(29)23(30)16-20)26(35)18-34(25-13-9-8-12-24(25)31)39(37,38)21-10-6-5-7-11-21/h5-16,19H,17-18H2,1-4H3,(H,32,36)/t19-/m0/s1. The van der Waals surface area contributed by atoms with Crippen molar-refractivity contribution in [1.82, 2.24) is 10.2 Å². The highest BCUT2D eigenvalue weighted by atomic mass is 35.5. The van der Waals surface area contributed by atoms with Gasteiger partial charge in [0.1, 0.15) is 18.4 Å². The zero-order chi connectivity index (χ0) is 29.0. The lowest BCUT2D eigenvalue weighted by atomic mass is 10.1. The van der Waals surface area contributed by atoms with Gasteiger partial charge in [0.2, 0.25) is 11.8 Å². The van der Waals surface area contributed by atoms with Gasteiger partial charge in [-0.25, -0.2) is 12.8 Å². The summed E-state index contributed by atoms with van der Waals surface area (Å²) in [5.41, 5.74) is -0.313. The fourth-order valence-corrected chi connectivity index (χ4v) is 5.54. The Balaban J connectivity index is 2.05. The van der Waals surface area contributed by atoms with Gasteiger partial charge in [0.15, 0.2) is 0 Å². The lowest BCUT2D eigenvalue weighted by Crippen LogP contribution is -2.54. The van der Waals surface area contributed by atoms with Crippen LogP contribution >= 0.6 is 23.2 Å². The molecule has 2 amide bonds. The van der Waals surface area contributed by atoms with Crippen LogP contribution in [-0.2, 0) is 26.2 Å².